The predicted molar refractivity (Wildman–Crippen MR) is 137 cm³/mol. The molecule has 0 unspecified atom stereocenters. The number of carbonyl (C=O) groups excluding carboxylic acids is 1. The van der Waals surface area contributed by atoms with E-state index in [1.807, 2.05) is 12.1 Å². The topological polar surface area (TPSA) is 105 Å². The van der Waals surface area contributed by atoms with Crippen LogP contribution in [-0.4, -0.2) is 58.3 Å². The van der Waals surface area contributed by atoms with Crippen molar-refractivity contribution in [2.75, 3.05) is 18.5 Å². The molecule has 3 aromatic rings. The molecule has 8 nitrogen and oxygen atoms in total. The molecule has 1 aliphatic heterocycles. The van der Waals surface area contributed by atoms with Gasteiger partial charge in [0.15, 0.2) is 5.58 Å². The number of likely N-dealkylation sites (tertiary alicyclic amines) is 1. The average molecular weight is 548 g/mol. The second-order valence-corrected chi connectivity index (χ2v) is 10.3. The zero-order chi connectivity index (χ0) is 26.8. The first kappa shape index (κ1) is 26.4. The summed E-state index contributed by atoms with van der Waals surface area (Å²) in [5, 5.41) is 12.2. The van der Waals surface area contributed by atoms with Crippen LogP contribution >= 0.6 is 11.6 Å². The van der Waals surface area contributed by atoms with Crippen molar-refractivity contribution in [3.05, 3.63) is 52.8 Å². The van der Waals surface area contributed by atoms with Crippen LogP contribution in [0.25, 0.3) is 11.1 Å². The second-order valence-electron chi connectivity index (χ2n) is 9.89. The van der Waals surface area contributed by atoms with E-state index in [9.17, 15) is 18.4 Å². The number of oxazole rings is 1. The van der Waals surface area contributed by atoms with Crippen molar-refractivity contribution in [2.24, 2.45) is 5.92 Å². The molecule has 0 spiro atoms. The smallest absolute Gasteiger partial charge is 0.306 e. The van der Waals surface area contributed by atoms with Crippen molar-refractivity contribution in [3.8, 4) is 0 Å². The van der Waals surface area contributed by atoms with Crippen LogP contribution in [0.15, 0.2) is 40.8 Å². The van der Waals surface area contributed by atoms with Gasteiger partial charge in [-0.05, 0) is 55.5 Å². The lowest BCUT2D eigenvalue weighted by Gasteiger charge is -2.30. The van der Waals surface area contributed by atoms with E-state index in [-0.39, 0.29) is 60.3 Å². The van der Waals surface area contributed by atoms with E-state index < -0.39 is 29.9 Å². The number of hydrogen-bond acceptors (Lipinski definition) is 6. The monoisotopic (exact) mass is 547 g/mol. The van der Waals surface area contributed by atoms with Gasteiger partial charge in [0.05, 0.1) is 48.3 Å². The van der Waals surface area contributed by atoms with Gasteiger partial charge in [-0.2, -0.15) is 4.98 Å². The molecular weight excluding hydrogens is 520 g/mol. The van der Waals surface area contributed by atoms with Crippen molar-refractivity contribution in [1.29, 1.82) is 0 Å². The molecule has 11 heteroatoms. The number of carboxylic acids is 1. The Morgan fingerprint density at radius 1 is 1.21 bits per heavy atom. The third kappa shape index (κ3) is 5.91. The number of rotatable bonds is 8. The quantitative estimate of drug-likeness (QED) is 0.383. The zero-order valence-electron chi connectivity index (χ0n) is 20.5. The maximum absolute atomic E-state index is 15.0. The third-order valence-electron chi connectivity index (χ3n) is 7.24. The maximum atomic E-state index is 15.0. The number of carbonyl (C=O) groups is 2. The fraction of sp³-hybridized carbons (Fsp3) is 0.444. The highest BCUT2D eigenvalue weighted by Crippen LogP contribution is 2.31. The molecule has 5 rings (SSSR count). The average Bonchev–Trinajstić information content (AvgIpc) is 3.48. The molecular formula is C27H28ClF2N3O5. The Bertz CT molecular complexity index is 1290. The molecule has 0 radical (unpaired) electrons. The summed E-state index contributed by atoms with van der Waals surface area (Å²) in [6, 6.07) is 9.41. The molecule has 2 N–H and O–H groups in total. The Kier molecular flexibility index (Phi) is 7.80. The number of anilines is 2. The molecule has 1 amide bonds. The Balaban J connectivity index is 1.20. The minimum absolute atomic E-state index is 0.0780. The first-order valence-corrected chi connectivity index (χ1v) is 13.0. The Labute approximate surface area is 222 Å². The number of benzene rings is 2. The molecule has 1 aliphatic carbocycles. The maximum Gasteiger partial charge on any atom is 0.306 e. The molecule has 2 fully saturated rings. The summed E-state index contributed by atoms with van der Waals surface area (Å²) in [5.74, 6) is -2.20. The van der Waals surface area contributed by atoms with Gasteiger partial charge in [-0.1, -0.05) is 23.7 Å². The Morgan fingerprint density at radius 2 is 1.97 bits per heavy atom. The SMILES string of the molecule is O=C(Cc1cc(Cl)c(Nc2nc3ccccc3o2)cc1F)N1C[C@@H](F)C[C@H]1CO[C@H]1CC[C@H](C(=O)O)CC1. The van der Waals surface area contributed by atoms with E-state index >= 15 is 0 Å². The van der Waals surface area contributed by atoms with Crippen LogP contribution in [-0.2, 0) is 20.7 Å². The Morgan fingerprint density at radius 3 is 2.71 bits per heavy atom. The molecule has 2 aromatic carbocycles. The van der Waals surface area contributed by atoms with Crippen LogP contribution < -0.4 is 5.32 Å². The van der Waals surface area contributed by atoms with Gasteiger partial charge in [0, 0.05) is 6.42 Å². The van der Waals surface area contributed by atoms with E-state index in [0.717, 1.165) is 0 Å². The standard InChI is InChI=1S/C27H28ClF2N3O5/c28-20-9-16(21(30)12-23(20)32-27-31-22-3-1-2-4-24(22)38-27)10-25(34)33-13-17(29)11-18(33)14-37-19-7-5-15(6-8-19)26(35)36/h1-4,9,12,15,17-19H,5-8,10-11,13-14H2,(H,31,32)(H,35,36)/t15-,17-,18-,19-/m0/s1. The molecule has 2 aliphatic rings. The summed E-state index contributed by atoms with van der Waals surface area (Å²) in [6.45, 7) is 0.0799. The van der Waals surface area contributed by atoms with E-state index in [2.05, 4.69) is 10.3 Å². The van der Waals surface area contributed by atoms with Crippen molar-refractivity contribution < 1.29 is 32.6 Å². The summed E-state index contributed by atoms with van der Waals surface area (Å²) in [7, 11) is 0. The molecule has 0 bridgehead atoms. The van der Waals surface area contributed by atoms with E-state index in [1.165, 1.54) is 17.0 Å². The van der Waals surface area contributed by atoms with E-state index in [0.29, 0.717) is 36.8 Å². The number of aromatic nitrogens is 1. The number of carboxylic acid groups (broad SMARTS) is 1. The van der Waals surface area contributed by atoms with Gasteiger partial charge in [-0.15, -0.1) is 0 Å². The number of fused-ring (bicyclic) bond motifs is 1. The van der Waals surface area contributed by atoms with Crippen molar-refractivity contribution in [2.45, 2.75) is 56.8 Å². The highest BCUT2D eigenvalue weighted by atomic mass is 35.5. The highest BCUT2D eigenvalue weighted by Gasteiger charge is 2.36. The largest absolute Gasteiger partial charge is 0.481 e. The number of amides is 1. The van der Waals surface area contributed by atoms with Gasteiger partial charge >= 0.3 is 5.97 Å². The molecule has 202 valence electrons. The number of alkyl halides is 1. The van der Waals surface area contributed by atoms with Crippen LogP contribution in [0.4, 0.5) is 20.5 Å². The molecule has 1 aromatic heterocycles. The van der Waals surface area contributed by atoms with E-state index in [1.54, 1.807) is 12.1 Å². The van der Waals surface area contributed by atoms with Crippen LogP contribution in [0.5, 0.6) is 0 Å². The summed E-state index contributed by atoms with van der Waals surface area (Å²) in [5.41, 5.74) is 1.53. The van der Waals surface area contributed by atoms with Gasteiger partial charge in [0.1, 0.15) is 17.5 Å². The fourth-order valence-electron chi connectivity index (χ4n) is 5.17. The summed E-state index contributed by atoms with van der Waals surface area (Å²) in [4.78, 5) is 29.9. The first-order valence-electron chi connectivity index (χ1n) is 12.6. The molecule has 2 heterocycles. The lowest BCUT2D eigenvalue weighted by molar-refractivity contribution is -0.144. The predicted octanol–water partition coefficient (Wildman–Crippen LogP) is 5.51. The third-order valence-corrected chi connectivity index (χ3v) is 7.56. The van der Waals surface area contributed by atoms with E-state index in [4.69, 9.17) is 25.9 Å². The lowest BCUT2D eigenvalue weighted by atomic mass is 9.87. The van der Waals surface area contributed by atoms with Crippen LogP contribution in [0.3, 0.4) is 0 Å². The molecule has 38 heavy (non-hydrogen) atoms. The zero-order valence-corrected chi connectivity index (χ0v) is 21.3. The summed E-state index contributed by atoms with van der Waals surface area (Å²) >= 11 is 6.37. The molecule has 1 saturated carbocycles. The number of nitrogens with one attached hydrogen (secondary N) is 1. The van der Waals surface area contributed by atoms with Gasteiger partial charge in [-0.25, -0.2) is 8.78 Å². The minimum atomic E-state index is -1.19. The van der Waals surface area contributed by atoms with Crippen LogP contribution in [0, 0.1) is 11.7 Å². The lowest BCUT2D eigenvalue weighted by Crippen LogP contribution is -2.40. The summed E-state index contributed by atoms with van der Waals surface area (Å²) in [6.07, 6.45) is 0.876. The molecule has 1 saturated heterocycles. The number of ether oxygens (including phenoxy) is 1. The fourth-order valence-corrected chi connectivity index (χ4v) is 5.40. The first-order chi connectivity index (χ1) is 18.3. The molecule has 2 atom stereocenters. The second kappa shape index (κ2) is 11.2. The minimum Gasteiger partial charge on any atom is -0.481 e. The number of nitrogens with zero attached hydrogens (tertiary/aromatic N) is 2. The van der Waals surface area contributed by atoms with Crippen molar-refractivity contribution in [3.63, 3.8) is 0 Å². The van der Waals surface area contributed by atoms with Crippen molar-refractivity contribution >= 4 is 46.3 Å². The normalized spacial score (nSPS) is 23.6. The van der Waals surface area contributed by atoms with Crippen molar-refractivity contribution in [1.82, 2.24) is 9.88 Å². The van der Waals surface area contributed by atoms with Gasteiger partial charge in [0.25, 0.3) is 6.01 Å². The highest BCUT2D eigenvalue weighted by molar-refractivity contribution is 6.33. The number of hydrogen-bond donors (Lipinski definition) is 2. The van der Waals surface area contributed by atoms with Gasteiger partial charge in [-0.3, -0.25) is 9.59 Å². The van der Waals surface area contributed by atoms with Gasteiger partial charge in [0.2, 0.25) is 5.91 Å². The number of halogens is 3. The van der Waals surface area contributed by atoms with Gasteiger partial charge < -0.3 is 24.5 Å². The number of para-hydroxylation sites is 2. The Hall–Kier alpha value is -3.24. The number of aliphatic carboxylic acids is 1. The van der Waals surface area contributed by atoms with Crippen LogP contribution in [0.2, 0.25) is 5.02 Å². The van der Waals surface area contributed by atoms with Crippen LogP contribution in [0.1, 0.15) is 37.7 Å². The summed E-state index contributed by atoms with van der Waals surface area (Å²) < 4.78 is 40.8.